The molecule has 1 nitrogen and oxygen atoms in total. The summed E-state index contributed by atoms with van der Waals surface area (Å²) in [4.78, 5) is 2.20. The molecule has 0 N–H and O–H groups in total. The quantitative estimate of drug-likeness (QED) is 0.631. The van der Waals surface area contributed by atoms with Crippen molar-refractivity contribution in [3.05, 3.63) is 17.5 Å². The van der Waals surface area contributed by atoms with Crippen LogP contribution in [0.15, 0.2) is 27.3 Å². The molecule has 14 heavy (non-hydrogen) atoms. The first-order valence-corrected chi connectivity index (χ1v) is 6.64. The van der Waals surface area contributed by atoms with Crippen LogP contribution in [0.4, 0.5) is 0 Å². The zero-order valence-electron chi connectivity index (χ0n) is 7.90. The van der Waals surface area contributed by atoms with E-state index in [2.05, 4.69) is 31.0 Å². The average molecular weight is 242 g/mol. The highest BCUT2D eigenvalue weighted by Gasteiger charge is 2.10. The van der Waals surface area contributed by atoms with Crippen LogP contribution in [0.25, 0.3) is 10.1 Å². The highest BCUT2D eigenvalue weighted by Crippen LogP contribution is 2.40. The van der Waals surface area contributed by atoms with Crippen LogP contribution in [-0.2, 0) is 0 Å². The summed E-state index contributed by atoms with van der Waals surface area (Å²) in [5.41, 5.74) is 0. The first-order chi connectivity index (χ1) is 6.77. The summed E-state index contributed by atoms with van der Waals surface area (Å²) in [5.74, 6) is 0.973. The molecule has 0 bridgehead atoms. The fraction of sp³-hybridized carbons (Fsp3) is 0.200. The van der Waals surface area contributed by atoms with Gasteiger partial charge >= 0.3 is 0 Å². The minimum Gasteiger partial charge on any atom is -0.494 e. The second-order valence-corrected chi connectivity index (χ2v) is 5.01. The number of hydrogen-bond donors (Lipinski definition) is 1. The van der Waals surface area contributed by atoms with E-state index in [1.807, 2.05) is 5.38 Å². The maximum absolute atomic E-state index is 5.42. The van der Waals surface area contributed by atoms with Gasteiger partial charge in [0.05, 0.1) is 16.7 Å². The number of methoxy groups -OCH3 is 1. The van der Waals surface area contributed by atoms with Gasteiger partial charge in [0, 0.05) is 15.7 Å². The van der Waals surface area contributed by atoms with Crippen LogP contribution in [0.2, 0.25) is 0 Å². The topological polar surface area (TPSA) is 9.23 Å². The van der Waals surface area contributed by atoms with Crippen LogP contribution < -0.4 is 4.74 Å². The van der Waals surface area contributed by atoms with E-state index in [1.165, 1.54) is 15.0 Å². The Balaban J connectivity index is 2.77. The Bertz CT molecular complexity index is 462. The number of ether oxygens (including phenoxy) is 1. The van der Waals surface area contributed by atoms with Gasteiger partial charge in [0.1, 0.15) is 5.75 Å². The van der Waals surface area contributed by atoms with Crippen LogP contribution in [0.3, 0.4) is 0 Å². The summed E-state index contributed by atoms with van der Waals surface area (Å²) in [5, 5.41) is 3.22. The Morgan fingerprint density at radius 2 is 2.21 bits per heavy atom. The van der Waals surface area contributed by atoms with Crippen molar-refractivity contribution in [3.8, 4) is 5.75 Å². The van der Waals surface area contributed by atoms with Gasteiger partial charge in [-0.1, -0.05) is 6.07 Å². The fourth-order valence-corrected chi connectivity index (χ4v) is 3.42. The molecule has 0 saturated heterocycles. The molecule has 74 valence electrons. The third kappa shape index (κ3) is 1.51. The van der Waals surface area contributed by atoms with Crippen molar-refractivity contribution in [2.24, 2.45) is 0 Å². The molecule has 0 aliphatic heterocycles. The van der Waals surface area contributed by atoms with Gasteiger partial charge in [-0.25, -0.2) is 0 Å². The van der Waals surface area contributed by atoms with Gasteiger partial charge < -0.3 is 4.74 Å². The Morgan fingerprint density at radius 1 is 1.43 bits per heavy atom. The smallest absolute Gasteiger partial charge is 0.150 e. The third-order valence-corrected chi connectivity index (χ3v) is 4.36. The number of hydrogen-bond acceptors (Lipinski definition) is 4. The Kier molecular flexibility index (Phi) is 2.95. The normalized spacial score (nSPS) is 10.8. The van der Waals surface area contributed by atoms with Crippen molar-refractivity contribution in [1.82, 2.24) is 0 Å². The molecule has 0 aliphatic rings. The minimum atomic E-state index is 0.973. The zero-order valence-corrected chi connectivity index (χ0v) is 10.4. The van der Waals surface area contributed by atoms with E-state index in [0.29, 0.717) is 0 Å². The van der Waals surface area contributed by atoms with E-state index >= 15 is 0 Å². The molecule has 0 spiro atoms. The third-order valence-electron chi connectivity index (χ3n) is 2.06. The lowest BCUT2D eigenvalue weighted by molar-refractivity contribution is 0.411. The first kappa shape index (κ1) is 10.2. The van der Waals surface area contributed by atoms with Crippen molar-refractivity contribution >= 4 is 45.8 Å². The summed E-state index contributed by atoms with van der Waals surface area (Å²) >= 11 is 7.78. The van der Waals surface area contributed by atoms with Crippen molar-refractivity contribution in [2.45, 2.75) is 9.79 Å². The predicted molar refractivity (Wildman–Crippen MR) is 67.4 cm³/mol. The maximum Gasteiger partial charge on any atom is 0.150 e. The van der Waals surface area contributed by atoms with E-state index < -0.39 is 0 Å². The lowest BCUT2D eigenvalue weighted by Crippen LogP contribution is -1.85. The van der Waals surface area contributed by atoms with Crippen LogP contribution in [0.1, 0.15) is 0 Å². The van der Waals surface area contributed by atoms with Crippen molar-refractivity contribution < 1.29 is 4.74 Å². The summed E-state index contributed by atoms with van der Waals surface area (Å²) in [6.07, 6.45) is 2.05. The fourth-order valence-electron chi connectivity index (χ4n) is 1.40. The van der Waals surface area contributed by atoms with Gasteiger partial charge in [-0.05, 0) is 12.3 Å². The van der Waals surface area contributed by atoms with Gasteiger partial charge in [-0.3, -0.25) is 0 Å². The Hall–Kier alpha value is -0.320. The Labute approximate surface area is 96.9 Å². The highest BCUT2D eigenvalue weighted by molar-refractivity contribution is 7.98. The molecule has 2 rings (SSSR count). The van der Waals surface area contributed by atoms with Crippen LogP contribution in [-0.4, -0.2) is 13.4 Å². The average Bonchev–Trinajstić information content (AvgIpc) is 2.59. The maximum atomic E-state index is 5.42. The first-order valence-electron chi connectivity index (χ1n) is 4.09. The SMILES string of the molecule is COc1c(SC)ccc2c(S)csc12. The van der Waals surface area contributed by atoms with Crippen LogP contribution in [0, 0.1) is 0 Å². The second kappa shape index (κ2) is 4.04. The molecular weight excluding hydrogens is 232 g/mol. The molecular formula is C10H10OS3. The van der Waals surface area contributed by atoms with E-state index in [0.717, 1.165) is 10.6 Å². The van der Waals surface area contributed by atoms with Gasteiger partial charge in [0.25, 0.3) is 0 Å². The molecule has 0 saturated carbocycles. The summed E-state index contributed by atoms with van der Waals surface area (Å²) in [7, 11) is 1.71. The molecule has 4 heteroatoms. The molecule has 0 fully saturated rings. The minimum absolute atomic E-state index is 0.973. The molecule has 0 aliphatic carbocycles. The largest absolute Gasteiger partial charge is 0.494 e. The number of thiophene rings is 1. The lowest BCUT2D eigenvalue weighted by Gasteiger charge is -2.06. The summed E-state index contributed by atoms with van der Waals surface area (Å²) in [6, 6.07) is 4.18. The lowest BCUT2D eigenvalue weighted by atomic mass is 10.2. The monoisotopic (exact) mass is 242 g/mol. The second-order valence-electron chi connectivity index (χ2n) is 2.80. The molecule has 1 aromatic carbocycles. The molecule has 1 aromatic heterocycles. The number of thiol groups is 1. The number of rotatable bonds is 2. The van der Waals surface area contributed by atoms with Crippen molar-refractivity contribution in [2.75, 3.05) is 13.4 Å². The van der Waals surface area contributed by atoms with E-state index in [4.69, 9.17) is 4.74 Å². The molecule has 0 radical (unpaired) electrons. The zero-order chi connectivity index (χ0) is 10.1. The molecule has 2 aromatic rings. The predicted octanol–water partition coefficient (Wildman–Crippen LogP) is 3.92. The molecule has 0 atom stereocenters. The highest BCUT2D eigenvalue weighted by atomic mass is 32.2. The van der Waals surface area contributed by atoms with Gasteiger partial charge in [0.2, 0.25) is 0 Å². The Morgan fingerprint density at radius 3 is 2.86 bits per heavy atom. The van der Waals surface area contributed by atoms with Gasteiger partial charge in [-0.15, -0.1) is 35.7 Å². The molecule has 1 heterocycles. The number of benzene rings is 1. The molecule has 0 unspecified atom stereocenters. The van der Waals surface area contributed by atoms with Gasteiger partial charge in [-0.2, -0.15) is 0 Å². The van der Waals surface area contributed by atoms with Gasteiger partial charge in [0.15, 0.2) is 0 Å². The van der Waals surface area contributed by atoms with E-state index in [9.17, 15) is 0 Å². The van der Waals surface area contributed by atoms with E-state index in [-0.39, 0.29) is 0 Å². The van der Waals surface area contributed by atoms with E-state index in [1.54, 1.807) is 30.2 Å². The summed E-state index contributed by atoms with van der Waals surface area (Å²) < 4.78 is 6.60. The molecule has 0 amide bonds. The van der Waals surface area contributed by atoms with Crippen LogP contribution >= 0.6 is 35.7 Å². The number of thioether (sulfide) groups is 1. The van der Waals surface area contributed by atoms with Crippen molar-refractivity contribution in [1.29, 1.82) is 0 Å². The number of fused-ring (bicyclic) bond motifs is 1. The standard InChI is InChI=1S/C10H10OS3/c1-11-9-8(13-2)4-3-6-7(12)5-14-10(6)9/h3-5,12H,1-2H3. The van der Waals surface area contributed by atoms with Crippen LogP contribution in [0.5, 0.6) is 5.75 Å². The summed E-state index contributed by atoms with van der Waals surface area (Å²) in [6.45, 7) is 0. The van der Waals surface area contributed by atoms with Crippen molar-refractivity contribution in [3.63, 3.8) is 0 Å².